The standard InChI is InChI=1S/C17H28N2O2S/c1-13(2)12-18-6-8-19(9-7-18)22(20,21)17-11-15(4)14(3)10-16(17)5/h10-11,13H,6-9,12H2,1-5H3. The normalized spacial score (nSPS) is 18.1. The third kappa shape index (κ3) is 3.70. The summed E-state index contributed by atoms with van der Waals surface area (Å²) in [7, 11) is -3.38. The smallest absolute Gasteiger partial charge is 0.243 e. The maximum absolute atomic E-state index is 12.9. The van der Waals surface area contributed by atoms with Crippen LogP contribution in [-0.4, -0.2) is 50.3 Å². The summed E-state index contributed by atoms with van der Waals surface area (Å²) in [5, 5.41) is 0. The Labute approximate surface area is 135 Å². The van der Waals surface area contributed by atoms with Crippen molar-refractivity contribution in [3.05, 3.63) is 28.8 Å². The van der Waals surface area contributed by atoms with Crippen LogP contribution >= 0.6 is 0 Å². The molecule has 1 saturated heterocycles. The van der Waals surface area contributed by atoms with Crippen molar-refractivity contribution in [3.63, 3.8) is 0 Å². The molecule has 0 N–H and O–H groups in total. The molecule has 0 radical (unpaired) electrons. The first-order valence-corrected chi connectivity index (χ1v) is 9.46. The fraction of sp³-hybridized carbons (Fsp3) is 0.647. The minimum absolute atomic E-state index is 0.466. The Hall–Kier alpha value is -0.910. The molecule has 0 unspecified atom stereocenters. The Morgan fingerprint density at radius 3 is 2.05 bits per heavy atom. The van der Waals surface area contributed by atoms with Gasteiger partial charge in [0.2, 0.25) is 10.0 Å². The molecule has 0 saturated carbocycles. The van der Waals surface area contributed by atoms with E-state index in [1.807, 2.05) is 32.9 Å². The van der Waals surface area contributed by atoms with Crippen molar-refractivity contribution in [3.8, 4) is 0 Å². The SMILES string of the molecule is Cc1cc(C)c(S(=O)(=O)N2CCN(CC(C)C)CC2)cc1C. The third-order valence-corrected chi connectivity index (χ3v) is 6.40. The van der Waals surface area contributed by atoms with Crippen LogP contribution in [0.4, 0.5) is 0 Å². The highest BCUT2D eigenvalue weighted by molar-refractivity contribution is 7.89. The molecule has 1 aliphatic rings. The van der Waals surface area contributed by atoms with E-state index in [2.05, 4.69) is 18.7 Å². The van der Waals surface area contributed by atoms with Gasteiger partial charge in [0.1, 0.15) is 0 Å². The highest BCUT2D eigenvalue weighted by Gasteiger charge is 2.29. The van der Waals surface area contributed by atoms with Gasteiger partial charge < -0.3 is 4.90 Å². The summed E-state index contributed by atoms with van der Waals surface area (Å²) in [6.07, 6.45) is 0. The van der Waals surface area contributed by atoms with Gasteiger partial charge in [0.25, 0.3) is 0 Å². The van der Waals surface area contributed by atoms with Crippen molar-refractivity contribution in [1.82, 2.24) is 9.21 Å². The van der Waals surface area contributed by atoms with Gasteiger partial charge in [-0.1, -0.05) is 19.9 Å². The lowest BCUT2D eigenvalue weighted by Crippen LogP contribution is -2.49. The number of rotatable bonds is 4. The molecule has 1 heterocycles. The summed E-state index contributed by atoms with van der Waals surface area (Å²) < 4.78 is 27.5. The second-order valence-corrected chi connectivity index (χ2v) is 8.71. The number of sulfonamides is 1. The van der Waals surface area contributed by atoms with E-state index in [0.29, 0.717) is 23.9 Å². The fourth-order valence-corrected chi connectivity index (χ4v) is 4.73. The number of benzene rings is 1. The van der Waals surface area contributed by atoms with E-state index in [1.165, 1.54) is 0 Å². The van der Waals surface area contributed by atoms with Crippen molar-refractivity contribution in [1.29, 1.82) is 0 Å². The molecule has 2 rings (SSSR count). The molecule has 1 fully saturated rings. The molecule has 5 heteroatoms. The maximum atomic E-state index is 12.9. The molecular weight excluding hydrogens is 296 g/mol. The van der Waals surface area contributed by atoms with E-state index in [1.54, 1.807) is 4.31 Å². The van der Waals surface area contributed by atoms with Crippen molar-refractivity contribution >= 4 is 10.0 Å². The van der Waals surface area contributed by atoms with Gasteiger partial charge in [-0.15, -0.1) is 0 Å². The number of nitrogens with zero attached hydrogens (tertiary/aromatic N) is 2. The van der Waals surface area contributed by atoms with Crippen LogP contribution < -0.4 is 0 Å². The lowest BCUT2D eigenvalue weighted by molar-refractivity contribution is 0.172. The van der Waals surface area contributed by atoms with Crippen molar-refractivity contribution in [2.24, 2.45) is 5.92 Å². The lowest BCUT2D eigenvalue weighted by atomic mass is 10.1. The van der Waals surface area contributed by atoms with Gasteiger partial charge in [-0.2, -0.15) is 4.31 Å². The van der Waals surface area contributed by atoms with E-state index in [-0.39, 0.29) is 0 Å². The van der Waals surface area contributed by atoms with Crippen LogP contribution in [0.5, 0.6) is 0 Å². The zero-order valence-corrected chi connectivity index (χ0v) is 15.2. The molecule has 0 spiro atoms. The third-order valence-electron chi connectivity index (χ3n) is 4.36. The zero-order chi connectivity index (χ0) is 16.5. The number of hydrogen-bond donors (Lipinski definition) is 0. The van der Waals surface area contributed by atoms with Crippen LogP contribution in [0.25, 0.3) is 0 Å². The zero-order valence-electron chi connectivity index (χ0n) is 14.4. The molecule has 0 bridgehead atoms. The molecular formula is C17H28N2O2S. The minimum atomic E-state index is -3.38. The summed E-state index contributed by atoms with van der Waals surface area (Å²) in [5.74, 6) is 0.616. The monoisotopic (exact) mass is 324 g/mol. The molecule has 1 aliphatic heterocycles. The lowest BCUT2D eigenvalue weighted by Gasteiger charge is -2.35. The van der Waals surface area contributed by atoms with Gasteiger partial charge in [0, 0.05) is 32.7 Å². The Kier molecular flexibility index (Phi) is 5.30. The predicted octanol–water partition coefficient (Wildman–Crippen LogP) is 2.57. The minimum Gasteiger partial charge on any atom is -0.300 e. The first kappa shape index (κ1) is 17.4. The summed E-state index contributed by atoms with van der Waals surface area (Å²) in [4.78, 5) is 2.82. The van der Waals surface area contributed by atoms with E-state index < -0.39 is 10.0 Å². The highest BCUT2D eigenvalue weighted by Crippen LogP contribution is 2.24. The van der Waals surface area contributed by atoms with Crippen LogP contribution in [-0.2, 0) is 10.0 Å². The van der Waals surface area contributed by atoms with Gasteiger partial charge >= 0.3 is 0 Å². The topological polar surface area (TPSA) is 40.6 Å². The van der Waals surface area contributed by atoms with Crippen molar-refractivity contribution in [2.75, 3.05) is 32.7 Å². The van der Waals surface area contributed by atoms with Crippen molar-refractivity contribution < 1.29 is 8.42 Å². The highest BCUT2D eigenvalue weighted by atomic mass is 32.2. The van der Waals surface area contributed by atoms with Gasteiger partial charge in [0.15, 0.2) is 0 Å². The summed E-state index contributed by atoms with van der Waals surface area (Å²) >= 11 is 0. The number of piperazine rings is 1. The maximum Gasteiger partial charge on any atom is 0.243 e. The predicted molar refractivity (Wildman–Crippen MR) is 90.7 cm³/mol. The largest absolute Gasteiger partial charge is 0.300 e. The van der Waals surface area contributed by atoms with Gasteiger partial charge in [-0.25, -0.2) is 8.42 Å². The van der Waals surface area contributed by atoms with Crippen LogP contribution in [0.3, 0.4) is 0 Å². The van der Waals surface area contributed by atoms with Gasteiger partial charge in [-0.3, -0.25) is 0 Å². The van der Waals surface area contributed by atoms with Crippen LogP contribution in [0.1, 0.15) is 30.5 Å². The van der Waals surface area contributed by atoms with Gasteiger partial charge in [0.05, 0.1) is 4.90 Å². The Balaban J connectivity index is 2.17. The average Bonchev–Trinajstić information content (AvgIpc) is 2.42. The van der Waals surface area contributed by atoms with E-state index in [4.69, 9.17) is 0 Å². The van der Waals surface area contributed by atoms with E-state index >= 15 is 0 Å². The molecule has 22 heavy (non-hydrogen) atoms. The Morgan fingerprint density at radius 1 is 0.955 bits per heavy atom. The van der Waals surface area contributed by atoms with Gasteiger partial charge in [-0.05, 0) is 49.4 Å². The second-order valence-electron chi connectivity index (χ2n) is 6.80. The summed E-state index contributed by atoms with van der Waals surface area (Å²) in [5.41, 5.74) is 3.01. The molecule has 4 nitrogen and oxygen atoms in total. The average molecular weight is 324 g/mol. The first-order chi connectivity index (χ1) is 10.2. The molecule has 1 aromatic carbocycles. The number of aryl methyl sites for hydroxylation is 3. The Morgan fingerprint density at radius 2 is 1.50 bits per heavy atom. The summed E-state index contributed by atoms with van der Waals surface area (Å²) in [6, 6.07) is 3.79. The molecule has 0 aromatic heterocycles. The fourth-order valence-electron chi connectivity index (χ4n) is 3.02. The van der Waals surface area contributed by atoms with E-state index in [0.717, 1.165) is 36.3 Å². The quantitative estimate of drug-likeness (QED) is 0.855. The summed E-state index contributed by atoms with van der Waals surface area (Å²) in [6.45, 7) is 14.1. The number of hydrogen-bond acceptors (Lipinski definition) is 3. The second kappa shape index (κ2) is 6.69. The van der Waals surface area contributed by atoms with Crippen LogP contribution in [0.15, 0.2) is 17.0 Å². The molecule has 0 aliphatic carbocycles. The molecule has 0 atom stereocenters. The van der Waals surface area contributed by atoms with Crippen molar-refractivity contribution in [2.45, 2.75) is 39.5 Å². The van der Waals surface area contributed by atoms with Crippen LogP contribution in [0.2, 0.25) is 0 Å². The van der Waals surface area contributed by atoms with Crippen LogP contribution in [0, 0.1) is 26.7 Å². The molecule has 1 aromatic rings. The first-order valence-electron chi connectivity index (χ1n) is 8.02. The van der Waals surface area contributed by atoms with E-state index in [9.17, 15) is 8.42 Å². The molecule has 0 amide bonds. The Bertz CT molecular complexity index is 630. The molecule has 124 valence electrons.